The molecule has 9 nitrogen and oxygen atoms in total. The Labute approximate surface area is 147 Å². The first kappa shape index (κ1) is 17.8. The average molecular weight is 359 g/mol. The Morgan fingerprint density at radius 3 is 2.40 bits per heavy atom. The summed E-state index contributed by atoms with van der Waals surface area (Å²) < 4.78 is 0. The molecule has 2 rings (SSSR count). The second-order valence-corrected chi connectivity index (χ2v) is 5.07. The fourth-order valence-corrected chi connectivity index (χ4v) is 1.91. The van der Waals surface area contributed by atoms with Crippen LogP contribution in [0.15, 0.2) is 54.6 Å². The maximum absolute atomic E-state index is 12.0. The van der Waals surface area contributed by atoms with Crippen LogP contribution < -0.4 is 21.5 Å². The zero-order chi connectivity index (χ0) is 18.2. The van der Waals surface area contributed by atoms with Gasteiger partial charge in [-0.25, -0.2) is 10.2 Å². The molecular weight excluding hydrogens is 346 g/mol. The molecule has 2 aromatic carbocycles. The quantitative estimate of drug-likeness (QED) is 0.377. The summed E-state index contributed by atoms with van der Waals surface area (Å²) in [4.78, 5) is 33.7. The van der Waals surface area contributed by atoms with Gasteiger partial charge in [-0.05, 0) is 30.4 Å². The summed E-state index contributed by atoms with van der Waals surface area (Å²) in [6.07, 6.45) is 0. The summed E-state index contributed by atoms with van der Waals surface area (Å²) >= 11 is 4.88. The van der Waals surface area contributed by atoms with E-state index in [0.29, 0.717) is 5.69 Å². The van der Waals surface area contributed by atoms with Gasteiger partial charge in [-0.15, -0.1) is 0 Å². The summed E-state index contributed by atoms with van der Waals surface area (Å²) in [5.41, 5.74) is 5.02. The molecule has 0 aliphatic carbocycles. The van der Waals surface area contributed by atoms with Gasteiger partial charge in [0.2, 0.25) is 0 Å². The lowest BCUT2D eigenvalue weighted by molar-refractivity contribution is -0.384. The van der Waals surface area contributed by atoms with Gasteiger partial charge < -0.3 is 5.32 Å². The van der Waals surface area contributed by atoms with E-state index in [9.17, 15) is 19.7 Å². The number of non-ortho nitro benzene ring substituents is 1. The van der Waals surface area contributed by atoms with Gasteiger partial charge in [0.15, 0.2) is 5.11 Å². The standard InChI is InChI=1S/C15H13N5O4S/c21-13(10-5-4-8-12(9-10)20(23)24)17-15(25)19-18-14(22)16-11-6-2-1-3-7-11/h1-9H,(H2,16,18,22)(H2,17,19,21,25). The normalized spacial score (nSPS) is 9.60. The van der Waals surface area contributed by atoms with Gasteiger partial charge in [-0.2, -0.15) is 0 Å². The lowest BCUT2D eigenvalue weighted by Gasteiger charge is -2.11. The molecule has 0 atom stereocenters. The predicted molar refractivity (Wildman–Crippen MR) is 94.9 cm³/mol. The molecule has 0 saturated carbocycles. The molecule has 3 amide bonds. The van der Waals surface area contributed by atoms with Crippen LogP contribution in [0.1, 0.15) is 10.4 Å². The highest BCUT2D eigenvalue weighted by Crippen LogP contribution is 2.12. The van der Waals surface area contributed by atoms with Gasteiger partial charge in [0.25, 0.3) is 11.6 Å². The number of nitrogens with zero attached hydrogens (tertiary/aromatic N) is 1. The number of rotatable bonds is 3. The number of para-hydroxylation sites is 1. The van der Waals surface area contributed by atoms with Gasteiger partial charge in [-0.3, -0.25) is 25.7 Å². The smallest absolute Gasteiger partial charge is 0.307 e. The van der Waals surface area contributed by atoms with Crippen LogP contribution in [0.4, 0.5) is 16.2 Å². The molecule has 0 saturated heterocycles. The van der Waals surface area contributed by atoms with Crippen LogP contribution in [-0.2, 0) is 0 Å². The summed E-state index contributed by atoms with van der Waals surface area (Å²) in [6, 6.07) is 13.3. The van der Waals surface area contributed by atoms with Gasteiger partial charge >= 0.3 is 6.03 Å². The predicted octanol–water partition coefficient (Wildman–Crippen LogP) is 1.94. The highest BCUT2D eigenvalue weighted by Gasteiger charge is 2.12. The van der Waals surface area contributed by atoms with Gasteiger partial charge in [0, 0.05) is 23.4 Å². The third-order valence-electron chi connectivity index (χ3n) is 2.87. The van der Waals surface area contributed by atoms with Crippen LogP contribution in [0.5, 0.6) is 0 Å². The monoisotopic (exact) mass is 359 g/mol. The maximum Gasteiger partial charge on any atom is 0.337 e. The molecule has 128 valence electrons. The first-order chi connectivity index (χ1) is 12.0. The number of nitro benzene ring substituents is 1. The van der Waals surface area contributed by atoms with E-state index in [1.165, 1.54) is 18.2 Å². The van der Waals surface area contributed by atoms with Crippen molar-refractivity contribution in [2.45, 2.75) is 0 Å². The van der Waals surface area contributed by atoms with E-state index in [1.807, 2.05) is 0 Å². The summed E-state index contributed by atoms with van der Waals surface area (Å²) in [5, 5.41) is 15.4. The molecule has 2 aromatic rings. The number of carbonyl (C=O) groups excluding carboxylic acids is 2. The molecule has 0 heterocycles. The van der Waals surface area contributed by atoms with Crippen molar-refractivity contribution in [3.8, 4) is 0 Å². The number of nitro groups is 1. The van der Waals surface area contributed by atoms with E-state index in [4.69, 9.17) is 12.2 Å². The zero-order valence-electron chi connectivity index (χ0n) is 12.7. The van der Waals surface area contributed by atoms with E-state index in [0.717, 1.165) is 6.07 Å². The van der Waals surface area contributed by atoms with Crippen LogP contribution in [0.25, 0.3) is 0 Å². The lowest BCUT2D eigenvalue weighted by atomic mass is 10.2. The van der Waals surface area contributed by atoms with Crippen molar-refractivity contribution < 1.29 is 14.5 Å². The Bertz CT molecular complexity index is 813. The number of hydrazine groups is 1. The third kappa shape index (κ3) is 5.55. The number of urea groups is 1. The van der Waals surface area contributed by atoms with Gasteiger partial charge in [-0.1, -0.05) is 24.3 Å². The van der Waals surface area contributed by atoms with E-state index < -0.39 is 16.9 Å². The molecule has 0 bridgehead atoms. The van der Waals surface area contributed by atoms with Crippen LogP contribution in [0.3, 0.4) is 0 Å². The molecule has 10 heteroatoms. The molecule has 0 aromatic heterocycles. The molecule has 25 heavy (non-hydrogen) atoms. The first-order valence-electron chi connectivity index (χ1n) is 6.93. The lowest BCUT2D eigenvalue weighted by Crippen LogP contribution is -2.49. The van der Waals surface area contributed by atoms with Crippen LogP contribution >= 0.6 is 12.2 Å². The Morgan fingerprint density at radius 2 is 1.72 bits per heavy atom. The molecule has 0 spiro atoms. The minimum Gasteiger partial charge on any atom is -0.307 e. The highest BCUT2D eigenvalue weighted by atomic mass is 32.1. The number of nitrogens with one attached hydrogen (secondary N) is 4. The summed E-state index contributed by atoms with van der Waals surface area (Å²) in [7, 11) is 0. The molecule has 0 fully saturated rings. The van der Waals surface area contributed by atoms with Gasteiger partial charge in [0.05, 0.1) is 4.92 Å². The topological polar surface area (TPSA) is 125 Å². The molecular formula is C15H13N5O4S. The Balaban J connectivity index is 1.83. The average Bonchev–Trinajstić information content (AvgIpc) is 2.61. The molecule has 0 unspecified atom stereocenters. The number of carbonyl (C=O) groups is 2. The molecule has 0 aliphatic rings. The highest BCUT2D eigenvalue weighted by molar-refractivity contribution is 7.80. The SMILES string of the molecule is O=C(NNC(=S)NC(=O)c1cccc([N+](=O)[O-])c1)Nc1ccccc1. The largest absolute Gasteiger partial charge is 0.337 e. The zero-order valence-corrected chi connectivity index (χ0v) is 13.5. The van der Waals surface area contributed by atoms with Crippen LogP contribution in [-0.4, -0.2) is 22.0 Å². The fourth-order valence-electron chi connectivity index (χ4n) is 1.76. The molecule has 0 radical (unpaired) electrons. The number of benzene rings is 2. The number of thiocarbonyl (C=S) groups is 1. The number of anilines is 1. The van der Waals surface area contributed by atoms with Crippen molar-refractivity contribution >= 4 is 40.6 Å². The van der Waals surface area contributed by atoms with Crippen molar-refractivity contribution in [2.75, 3.05) is 5.32 Å². The Hall–Kier alpha value is -3.53. The second kappa shape index (κ2) is 8.36. The number of hydrogen-bond acceptors (Lipinski definition) is 5. The summed E-state index contributed by atoms with van der Waals surface area (Å²) in [6.45, 7) is 0. The van der Waals surface area contributed by atoms with Crippen LogP contribution in [0, 0.1) is 10.1 Å². The fraction of sp³-hybridized carbons (Fsp3) is 0. The van der Waals surface area contributed by atoms with E-state index >= 15 is 0 Å². The third-order valence-corrected chi connectivity index (χ3v) is 3.07. The van der Waals surface area contributed by atoms with Crippen molar-refractivity contribution in [3.05, 3.63) is 70.3 Å². The van der Waals surface area contributed by atoms with E-state index in [1.54, 1.807) is 30.3 Å². The van der Waals surface area contributed by atoms with Crippen LogP contribution in [0.2, 0.25) is 0 Å². The van der Waals surface area contributed by atoms with Crippen molar-refractivity contribution in [2.24, 2.45) is 0 Å². The maximum atomic E-state index is 12.0. The minimum absolute atomic E-state index is 0.0621. The molecule has 4 N–H and O–H groups in total. The number of hydrogen-bond donors (Lipinski definition) is 4. The summed E-state index contributed by atoms with van der Waals surface area (Å²) in [5.74, 6) is -0.647. The Morgan fingerprint density at radius 1 is 1.00 bits per heavy atom. The van der Waals surface area contributed by atoms with Crippen molar-refractivity contribution in [3.63, 3.8) is 0 Å². The first-order valence-corrected chi connectivity index (χ1v) is 7.34. The van der Waals surface area contributed by atoms with Crippen molar-refractivity contribution in [1.29, 1.82) is 0 Å². The minimum atomic E-state index is -0.647. The second-order valence-electron chi connectivity index (χ2n) is 4.66. The van der Waals surface area contributed by atoms with E-state index in [2.05, 4.69) is 21.5 Å². The van der Waals surface area contributed by atoms with Crippen molar-refractivity contribution in [1.82, 2.24) is 16.2 Å². The van der Waals surface area contributed by atoms with E-state index in [-0.39, 0.29) is 16.4 Å². The molecule has 0 aliphatic heterocycles. The Kier molecular flexibility index (Phi) is 5.96. The van der Waals surface area contributed by atoms with Gasteiger partial charge in [0.1, 0.15) is 0 Å². The number of amides is 3.